The van der Waals surface area contributed by atoms with Crippen LogP contribution in [0.3, 0.4) is 0 Å². The average molecular weight is 273 g/mol. The maximum absolute atomic E-state index is 11.0. The van der Waals surface area contributed by atoms with E-state index in [-0.39, 0.29) is 5.56 Å². The van der Waals surface area contributed by atoms with Gasteiger partial charge in [-0.05, 0) is 24.1 Å². The van der Waals surface area contributed by atoms with Gasteiger partial charge in [0.1, 0.15) is 0 Å². The topological polar surface area (TPSA) is 101 Å². The van der Waals surface area contributed by atoms with Gasteiger partial charge in [0.2, 0.25) is 5.75 Å². The molecule has 20 heavy (non-hydrogen) atoms. The van der Waals surface area contributed by atoms with Gasteiger partial charge >= 0.3 is 5.69 Å². The van der Waals surface area contributed by atoms with Gasteiger partial charge in [-0.25, -0.2) is 0 Å². The summed E-state index contributed by atoms with van der Waals surface area (Å²) >= 11 is 0. The highest BCUT2D eigenvalue weighted by atomic mass is 16.6. The van der Waals surface area contributed by atoms with Crippen LogP contribution in [0, 0.1) is 17.0 Å². The largest absolute Gasteiger partial charge is 0.504 e. The molecule has 0 aromatic heterocycles. The smallest absolute Gasteiger partial charge is 0.315 e. The van der Waals surface area contributed by atoms with Crippen molar-refractivity contribution in [1.82, 2.24) is 0 Å². The second-order valence-electron chi connectivity index (χ2n) is 4.33. The Bertz CT molecular complexity index is 709. The van der Waals surface area contributed by atoms with Gasteiger partial charge in [-0.2, -0.15) is 0 Å². The zero-order valence-electron chi connectivity index (χ0n) is 10.5. The molecule has 102 valence electrons. The molecule has 6 nitrogen and oxygen atoms in total. The molecule has 0 aliphatic carbocycles. The van der Waals surface area contributed by atoms with Crippen LogP contribution in [0.15, 0.2) is 30.3 Å². The van der Waals surface area contributed by atoms with Crippen molar-refractivity contribution in [2.75, 3.05) is 0 Å². The summed E-state index contributed by atoms with van der Waals surface area (Å²) in [5.74, 6) is -1.40. The number of carbonyl (C=O) groups is 1. The average Bonchev–Trinajstić information content (AvgIpc) is 2.41. The predicted octanol–water partition coefficient (Wildman–Crippen LogP) is 2.79. The number of rotatable bonds is 3. The lowest BCUT2D eigenvalue weighted by atomic mass is 9.97. The number of phenolic OH excluding ortho intramolecular Hbond substituents is 2. The van der Waals surface area contributed by atoms with Crippen LogP contribution in [0.25, 0.3) is 11.1 Å². The second-order valence-corrected chi connectivity index (χ2v) is 4.33. The van der Waals surface area contributed by atoms with E-state index in [1.165, 1.54) is 6.07 Å². The number of nitro groups is 1. The van der Waals surface area contributed by atoms with E-state index >= 15 is 0 Å². The summed E-state index contributed by atoms with van der Waals surface area (Å²) < 4.78 is 0. The third-order valence-corrected chi connectivity index (χ3v) is 2.91. The van der Waals surface area contributed by atoms with Crippen LogP contribution in [-0.4, -0.2) is 21.4 Å². The van der Waals surface area contributed by atoms with Crippen molar-refractivity contribution in [3.8, 4) is 22.6 Å². The van der Waals surface area contributed by atoms with Crippen molar-refractivity contribution < 1.29 is 19.9 Å². The standard InChI is InChI=1S/C14H11NO5/c1-8-2-3-9(7-16)11(4-8)10-5-12(15(19)20)14(18)13(17)6-10/h2-7,17-18H,1H3. The van der Waals surface area contributed by atoms with E-state index in [1.54, 1.807) is 18.2 Å². The minimum atomic E-state index is -0.797. The van der Waals surface area contributed by atoms with Gasteiger partial charge in [0, 0.05) is 11.6 Å². The minimum absolute atomic E-state index is 0.290. The SMILES string of the molecule is Cc1ccc(C=O)c(-c2cc(O)c(O)c([N+](=O)[O-])c2)c1. The molecule has 0 aliphatic rings. The van der Waals surface area contributed by atoms with E-state index in [9.17, 15) is 25.1 Å². The van der Waals surface area contributed by atoms with E-state index in [0.29, 0.717) is 17.4 Å². The van der Waals surface area contributed by atoms with Gasteiger partial charge in [0.05, 0.1) is 4.92 Å². The zero-order valence-corrected chi connectivity index (χ0v) is 10.5. The number of aryl methyl sites for hydroxylation is 1. The fourth-order valence-electron chi connectivity index (χ4n) is 1.92. The molecule has 0 heterocycles. The Morgan fingerprint density at radius 3 is 2.50 bits per heavy atom. The molecule has 2 aromatic carbocycles. The molecular formula is C14H11NO5. The van der Waals surface area contributed by atoms with Crippen molar-refractivity contribution in [2.45, 2.75) is 6.92 Å². The van der Waals surface area contributed by atoms with E-state index in [0.717, 1.165) is 11.6 Å². The van der Waals surface area contributed by atoms with E-state index < -0.39 is 22.1 Å². The van der Waals surface area contributed by atoms with Crippen molar-refractivity contribution in [3.05, 3.63) is 51.6 Å². The number of nitrogens with zero attached hydrogens (tertiary/aromatic N) is 1. The fourth-order valence-corrected chi connectivity index (χ4v) is 1.92. The van der Waals surface area contributed by atoms with E-state index in [1.807, 2.05) is 6.92 Å². The Labute approximate surface area is 114 Å². The third kappa shape index (κ3) is 2.31. The molecule has 6 heteroatoms. The van der Waals surface area contributed by atoms with Crippen LogP contribution in [0.1, 0.15) is 15.9 Å². The maximum Gasteiger partial charge on any atom is 0.315 e. The first-order chi connectivity index (χ1) is 9.43. The van der Waals surface area contributed by atoms with Crippen molar-refractivity contribution in [2.24, 2.45) is 0 Å². The summed E-state index contributed by atoms with van der Waals surface area (Å²) in [6.45, 7) is 1.81. The molecular weight excluding hydrogens is 262 g/mol. The number of hydrogen-bond donors (Lipinski definition) is 2. The Morgan fingerprint density at radius 2 is 1.90 bits per heavy atom. The number of aromatic hydroxyl groups is 2. The summed E-state index contributed by atoms with van der Waals surface area (Å²) in [7, 11) is 0. The lowest BCUT2D eigenvalue weighted by molar-refractivity contribution is -0.385. The van der Waals surface area contributed by atoms with Gasteiger partial charge in [-0.1, -0.05) is 23.8 Å². The van der Waals surface area contributed by atoms with Crippen LogP contribution in [-0.2, 0) is 0 Å². The number of phenols is 2. The van der Waals surface area contributed by atoms with Crippen LogP contribution in [0.2, 0.25) is 0 Å². The Hall–Kier alpha value is -2.89. The Morgan fingerprint density at radius 1 is 1.20 bits per heavy atom. The third-order valence-electron chi connectivity index (χ3n) is 2.91. The van der Waals surface area contributed by atoms with Crippen molar-refractivity contribution in [3.63, 3.8) is 0 Å². The monoisotopic (exact) mass is 273 g/mol. The molecule has 0 saturated carbocycles. The molecule has 0 fully saturated rings. The van der Waals surface area contributed by atoms with Gasteiger partial charge in [-0.15, -0.1) is 0 Å². The summed E-state index contributed by atoms with van der Waals surface area (Å²) in [5, 5.41) is 29.9. The van der Waals surface area contributed by atoms with Crippen molar-refractivity contribution in [1.29, 1.82) is 0 Å². The Kier molecular flexibility index (Phi) is 3.39. The maximum atomic E-state index is 11.0. The molecule has 0 radical (unpaired) electrons. The van der Waals surface area contributed by atoms with Crippen molar-refractivity contribution >= 4 is 12.0 Å². The Balaban J connectivity index is 2.73. The normalized spacial score (nSPS) is 10.2. The molecule has 2 aromatic rings. The molecule has 0 atom stereocenters. The first kappa shape index (κ1) is 13.5. The van der Waals surface area contributed by atoms with Gasteiger partial charge in [-0.3, -0.25) is 14.9 Å². The number of hydrogen-bond acceptors (Lipinski definition) is 5. The molecule has 0 amide bonds. The van der Waals surface area contributed by atoms with E-state index in [4.69, 9.17) is 0 Å². The molecule has 0 aliphatic heterocycles. The summed E-state index contributed by atoms with van der Waals surface area (Å²) in [6, 6.07) is 7.32. The predicted molar refractivity (Wildman–Crippen MR) is 72.0 cm³/mol. The highest BCUT2D eigenvalue weighted by molar-refractivity contribution is 5.89. The fraction of sp³-hybridized carbons (Fsp3) is 0.0714. The number of nitro benzene ring substituents is 1. The molecule has 0 spiro atoms. The molecule has 0 saturated heterocycles. The summed E-state index contributed by atoms with van der Waals surface area (Å²) in [6.07, 6.45) is 0.629. The van der Waals surface area contributed by atoms with Gasteiger partial charge in [0.25, 0.3) is 0 Å². The lowest BCUT2D eigenvalue weighted by Crippen LogP contribution is -1.93. The molecule has 0 bridgehead atoms. The quantitative estimate of drug-likeness (QED) is 0.387. The number of aldehydes is 1. The second kappa shape index (κ2) is 5.00. The van der Waals surface area contributed by atoms with E-state index in [2.05, 4.69) is 0 Å². The van der Waals surface area contributed by atoms with Crippen LogP contribution >= 0.6 is 0 Å². The number of benzene rings is 2. The van der Waals surface area contributed by atoms with Gasteiger partial charge in [0.15, 0.2) is 12.0 Å². The number of carbonyl (C=O) groups excluding carboxylic acids is 1. The summed E-state index contributed by atoms with van der Waals surface area (Å²) in [5.41, 5.74) is 1.34. The van der Waals surface area contributed by atoms with Crippen LogP contribution in [0.4, 0.5) is 5.69 Å². The summed E-state index contributed by atoms with van der Waals surface area (Å²) in [4.78, 5) is 21.1. The molecule has 2 rings (SSSR count). The van der Waals surface area contributed by atoms with Gasteiger partial charge < -0.3 is 10.2 Å². The highest BCUT2D eigenvalue weighted by Crippen LogP contribution is 2.40. The first-order valence-electron chi connectivity index (χ1n) is 5.70. The first-order valence-corrected chi connectivity index (χ1v) is 5.70. The molecule has 0 unspecified atom stereocenters. The lowest BCUT2D eigenvalue weighted by Gasteiger charge is -2.08. The van der Waals surface area contributed by atoms with Crippen LogP contribution < -0.4 is 0 Å². The highest BCUT2D eigenvalue weighted by Gasteiger charge is 2.20. The van der Waals surface area contributed by atoms with Crippen LogP contribution in [0.5, 0.6) is 11.5 Å². The molecule has 2 N–H and O–H groups in total. The zero-order chi connectivity index (χ0) is 14.9. The minimum Gasteiger partial charge on any atom is -0.504 e.